The van der Waals surface area contributed by atoms with Crippen molar-refractivity contribution in [2.24, 2.45) is 0 Å². The third-order valence-corrected chi connectivity index (χ3v) is 10.1. The summed E-state index contributed by atoms with van der Waals surface area (Å²) in [4.78, 5) is 29.9. The molecule has 45 heavy (non-hydrogen) atoms. The highest BCUT2D eigenvalue weighted by Gasteiger charge is 2.35. The van der Waals surface area contributed by atoms with Crippen molar-refractivity contribution < 1.29 is 18.0 Å². The summed E-state index contributed by atoms with van der Waals surface area (Å²) in [5, 5.41) is 2.97. The van der Waals surface area contributed by atoms with Gasteiger partial charge in [-0.05, 0) is 79.8 Å². The van der Waals surface area contributed by atoms with E-state index >= 15 is 0 Å². The van der Waals surface area contributed by atoms with Crippen LogP contribution in [0.4, 0.5) is 5.69 Å². The fourth-order valence-electron chi connectivity index (χ4n) is 5.06. The van der Waals surface area contributed by atoms with Gasteiger partial charge in [0.2, 0.25) is 11.8 Å². The molecule has 0 aliphatic carbocycles. The third-order valence-electron chi connectivity index (χ3n) is 7.82. The van der Waals surface area contributed by atoms with E-state index < -0.39 is 28.5 Å². The minimum Gasteiger partial charge on any atom is -0.354 e. The van der Waals surface area contributed by atoms with Crippen molar-refractivity contribution in [2.75, 3.05) is 17.4 Å². The summed E-state index contributed by atoms with van der Waals surface area (Å²) < 4.78 is 30.6. The van der Waals surface area contributed by atoms with Gasteiger partial charge < -0.3 is 10.2 Å². The van der Waals surface area contributed by atoms with E-state index in [4.69, 9.17) is 0 Å². The molecule has 0 radical (unpaired) electrons. The molecule has 4 aromatic rings. The molecular weight excluding hydrogens is 650 g/mol. The van der Waals surface area contributed by atoms with Gasteiger partial charge in [0, 0.05) is 24.0 Å². The lowest BCUT2D eigenvalue weighted by atomic mass is 10.0. The minimum atomic E-state index is -4.16. The summed E-state index contributed by atoms with van der Waals surface area (Å²) >= 11 is 3.47. The standard InChI is InChI=1S/C36H40BrN3O4S/c1-5-22-38-36(42)34(23-29-11-7-6-8-12-29)39(24-30-16-18-31(37)19-17-30)35(41)25-40(33-13-9-10-27(3)28(33)4)45(43,44)32-20-14-26(2)15-21-32/h6-21,34H,5,22-25H2,1-4H3,(H,38,42)/t34-/m1/s1. The highest BCUT2D eigenvalue weighted by Crippen LogP contribution is 2.29. The normalized spacial score (nSPS) is 11.9. The van der Waals surface area contributed by atoms with Crippen molar-refractivity contribution in [3.8, 4) is 0 Å². The van der Waals surface area contributed by atoms with Gasteiger partial charge in [-0.3, -0.25) is 13.9 Å². The van der Waals surface area contributed by atoms with E-state index in [1.54, 1.807) is 36.4 Å². The zero-order valence-corrected chi connectivity index (χ0v) is 28.6. The Morgan fingerprint density at radius 1 is 0.822 bits per heavy atom. The fraction of sp³-hybridized carbons (Fsp3) is 0.278. The van der Waals surface area contributed by atoms with Crippen LogP contribution in [0.1, 0.15) is 41.2 Å². The Bertz CT molecular complexity index is 1710. The van der Waals surface area contributed by atoms with Gasteiger partial charge in [-0.15, -0.1) is 0 Å². The first-order valence-corrected chi connectivity index (χ1v) is 17.3. The number of nitrogens with zero attached hydrogens (tertiary/aromatic N) is 2. The van der Waals surface area contributed by atoms with Crippen LogP contribution in [0.3, 0.4) is 0 Å². The second kappa shape index (κ2) is 15.4. The number of halogens is 1. The van der Waals surface area contributed by atoms with Crippen LogP contribution in [0, 0.1) is 20.8 Å². The van der Waals surface area contributed by atoms with Gasteiger partial charge in [0.15, 0.2) is 0 Å². The Morgan fingerprint density at radius 2 is 1.49 bits per heavy atom. The van der Waals surface area contributed by atoms with Gasteiger partial charge in [0.25, 0.3) is 10.0 Å². The number of anilines is 1. The highest BCUT2D eigenvalue weighted by atomic mass is 79.9. The van der Waals surface area contributed by atoms with Gasteiger partial charge in [0.05, 0.1) is 10.6 Å². The number of benzene rings is 4. The molecule has 1 N–H and O–H groups in total. The Labute approximate surface area is 275 Å². The minimum absolute atomic E-state index is 0.0859. The van der Waals surface area contributed by atoms with E-state index in [0.717, 1.165) is 38.7 Å². The zero-order valence-electron chi connectivity index (χ0n) is 26.2. The number of aryl methyl sites for hydroxylation is 2. The van der Waals surface area contributed by atoms with Crippen LogP contribution in [0.15, 0.2) is 106 Å². The van der Waals surface area contributed by atoms with E-state index in [-0.39, 0.29) is 23.8 Å². The van der Waals surface area contributed by atoms with Crippen molar-refractivity contribution in [1.29, 1.82) is 0 Å². The molecule has 7 nitrogen and oxygen atoms in total. The lowest BCUT2D eigenvalue weighted by Gasteiger charge is -2.34. The highest BCUT2D eigenvalue weighted by molar-refractivity contribution is 9.10. The predicted molar refractivity (Wildman–Crippen MR) is 184 cm³/mol. The largest absolute Gasteiger partial charge is 0.354 e. The molecule has 4 aromatic carbocycles. The number of hydrogen-bond donors (Lipinski definition) is 1. The third kappa shape index (κ3) is 8.61. The van der Waals surface area contributed by atoms with Gasteiger partial charge in [0.1, 0.15) is 12.6 Å². The molecule has 0 spiro atoms. The van der Waals surface area contributed by atoms with Crippen molar-refractivity contribution in [2.45, 2.75) is 58.0 Å². The van der Waals surface area contributed by atoms with E-state index in [1.165, 1.54) is 9.21 Å². The van der Waals surface area contributed by atoms with Crippen molar-refractivity contribution in [3.63, 3.8) is 0 Å². The van der Waals surface area contributed by atoms with E-state index in [2.05, 4.69) is 21.2 Å². The van der Waals surface area contributed by atoms with Crippen LogP contribution in [0.5, 0.6) is 0 Å². The summed E-state index contributed by atoms with van der Waals surface area (Å²) in [6.07, 6.45) is 1.01. The summed E-state index contributed by atoms with van der Waals surface area (Å²) in [6.45, 7) is 7.71. The number of rotatable bonds is 13. The van der Waals surface area contributed by atoms with Gasteiger partial charge >= 0.3 is 0 Å². The predicted octanol–water partition coefficient (Wildman–Crippen LogP) is 6.74. The van der Waals surface area contributed by atoms with Crippen LogP contribution in [-0.4, -0.2) is 44.3 Å². The first-order valence-electron chi connectivity index (χ1n) is 15.0. The number of hydrogen-bond acceptors (Lipinski definition) is 4. The van der Waals surface area contributed by atoms with Crippen LogP contribution < -0.4 is 9.62 Å². The van der Waals surface area contributed by atoms with Gasteiger partial charge in [-0.1, -0.05) is 95.1 Å². The zero-order chi connectivity index (χ0) is 32.6. The lowest BCUT2D eigenvalue weighted by Crippen LogP contribution is -2.53. The number of nitrogens with one attached hydrogen (secondary N) is 1. The van der Waals surface area contributed by atoms with E-state index in [1.807, 2.05) is 88.4 Å². The number of carbonyl (C=O) groups excluding carboxylic acids is 2. The summed E-state index contributed by atoms with van der Waals surface area (Å²) in [5.41, 5.74) is 4.70. The maximum atomic E-state index is 14.6. The monoisotopic (exact) mass is 689 g/mol. The number of sulfonamides is 1. The SMILES string of the molecule is CCCNC(=O)[C@@H](Cc1ccccc1)N(Cc1ccc(Br)cc1)C(=O)CN(c1cccc(C)c1C)S(=O)(=O)c1ccc(C)cc1. The molecule has 0 unspecified atom stereocenters. The van der Waals surface area contributed by atoms with Gasteiger partial charge in [-0.2, -0.15) is 0 Å². The first-order chi connectivity index (χ1) is 21.5. The number of carbonyl (C=O) groups is 2. The topological polar surface area (TPSA) is 86.8 Å². The van der Waals surface area contributed by atoms with E-state index in [0.29, 0.717) is 12.2 Å². The molecule has 0 aliphatic rings. The maximum absolute atomic E-state index is 14.6. The smallest absolute Gasteiger partial charge is 0.264 e. The molecule has 0 bridgehead atoms. The average molecular weight is 691 g/mol. The fourth-order valence-corrected chi connectivity index (χ4v) is 6.80. The molecule has 4 rings (SSSR count). The maximum Gasteiger partial charge on any atom is 0.264 e. The Hall–Kier alpha value is -3.95. The Kier molecular flexibility index (Phi) is 11.6. The van der Waals surface area contributed by atoms with E-state index in [9.17, 15) is 18.0 Å². The van der Waals surface area contributed by atoms with Crippen molar-refractivity contribution in [3.05, 3.63) is 129 Å². The van der Waals surface area contributed by atoms with Crippen molar-refractivity contribution in [1.82, 2.24) is 10.2 Å². The lowest BCUT2D eigenvalue weighted by molar-refractivity contribution is -0.140. The summed E-state index contributed by atoms with van der Waals surface area (Å²) in [7, 11) is -4.16. The molecule has 0 saturated heterocycles. The van der Waals surface area contributed by atoms with Crippen LogP contribution >= 0.6 is 15.9 Å². The molecule has 2 amide bonds. The average Bonchev–Trinajstić information content (AvgIpc) is 3.03. The second-order valence-electron chi connectivity index (χ2n) is 11.2. The van der Waals surface area contributed by atoms with Crippen LogP contribution in [-0.2, 0) is 32.6 Å². The molecular formula is C36H40BrN3O4S. The molecule has 236 valence electrons. The molecule has 0 aliphatic heterocycles. The Morgan fingerprint density at radius 3 is 2.13 bits per heavy atom. The summed E-state index contributed by atoms with van der Waals surface area (Å²) in [6, 6.07) is 28.2. The van der Waals surface area contributed by atoms with Gasteiger partial charge in [-0.25, -0.2) is 8.42 Å². The second-order valence-corrected chi connectivity index (χ2v) is 14.0. The van der Waals surface area contributed by atoms with Crippen LogP contribution in [0.2, 0.25) is 0 Å². The summed E-state index contributed by atoms with van der Waals surface area (Å²) in [5.74, 6) is -0.770. The molecule has 0 saturated carbocycles. The molecule has 0 aromatic heterocycles. The molecule has 1 atom stereocenters. The quantitative estimate of drug-likeness (QED) is 0.169. The number of amides is 2. The molecule has 9 heteroatoms. The molecule has 0 heterocycles. The van der Waals surface area contributed by atoms with Crippen molar-refractivity contribution >= 4 is 43.5 Å². The van der Waals surface area contributed by atoms with Crippen LogP contribution in [0.25, 0.3) is 0 Å². The Balaban J connectivity index is 1.82. The first kappa shape index (κ1) is 33.9. The molecule has 0 fully saturated rings.